The summed E-state index contributed by atoms with van der Waals surface area (Å²) in [5.74, 6) is -3.70. The molecule has 0 saturated carbocycles. The van der Waals surface area contributed by atoms with Crippen LogP contribution in [0.4, 0.5) is 40.8 Å². The zero-order chi connectivity index (χ0) is 22.3. The highest BCUT2D eigenvalue weighted by Crippen LogP contribution is 2.34. The molecule has 158 valence electrons. The van der Waals surface area contributed by atoms with Crippen LogP contribution in [0.25, 0.3) is 5.69 Å². The fraction of sp³-hybridized carbons (Fsp3) is 0.118. The number of carbonyl (C=O) groups excluding carboxylic acids is 1. The number of aromatic nitrogens is 3. The van der Waals surface area contributed by atoms with Crippen molar-refractivity contribution in [3.8, 4) is 5.69 Å². The molecule has 3 aromatic rings. The maximum atomic E-state index is 13.8. The van der Waals surface area contributed by atoms with Gasteiger partial charge in [-0.15, -0.1) is 5.10 Å². The van der Waals surface area contributed by atoms with Crippen molar-refractivity contribution in [1.82, 2.24) is 15.0 Å². The van der Waals surface area contributed by atoms with E-state index >= 15 is 0 Å². The number of hydrogen-bond acceptors (Lipinski definition) is 3. The van der Waals surface area contributed by atoms with Crippen LogP contribution in [0.3, 0.4) is 0 Å². The molecule has 0 aliphatic rings. The van der Waals surface area contributed by atoms with Crippen molar-refractivity contribution < 1.29 is 39.9 Å². The molecule has 5 nitrogen and oxygen atoms in total. The van der Waals surface area contributed by atoms with Crippen LogP contribution < -0.4 is 5.32 Å². The SMILES string of the molecule is O=C(Nc1cc(C(F)(F)F)ccc1F)c1nnn(-c2ccc(F)cc2)c1C(F)(F)F. The largest absolute Gasteiger partial charge is 0.435 e. The number of alkyl halides is 6. The van der Waals surface area contributed by atoms with E-state index in [4.69, 9.17) is 0 Å². The first-order valence-electron chi connectivity index (χ1n) is 7.85. The number of carbonyl (C=O) groups is 1. The van der Waals surface area contributed by atoms with Crippen molar-refractivity contribution in [2.75, 3.05) is 5.32 Å². The average Bonchev–Trinajstić information content (AvgIpc) is 3.09. The van der Waals surface area contributed by atoms with Crippen LogP contribution in [-0.2, 0) is 12.4 Å². The van der Waals surface area contributed by atoms with Gasteiger partial charge in [-0.1, -0.05) is 5.21 Å². The fourth-order valence-electron chi connectivity index (χ4n) is 2.43. The predicted octanol–water partition coefficient (Wildman–Crippen LogP) is 4.84. The van der Waals surface area contributed by atoms with Gasteiger partial charge < -0.3 is 5.32 Å². The van der Waals surface area contributed by atoms with E-state index in [1.807, 2.05) is 0 Å². The van der Waals surface area contributed by atoms with Gasteiger partial charge in [0.2, 0.25) is 0 Å². The summed E-state index contributed by atoms with van der Waals surface area (Å²) in [4.78, 5) is 12.3. The number of benzene rings is 2. The number of amides is 1. The number of halogens is 8. The van der Waals surface area contributed by atoms with E-state index < -0.39 is 52.5 Å². The molecule has 0 aliphatic carbocycles. The second kappa shape index (κ2) is 7.39. The zero-order valence-corrected chi connectivity index (χ0v) is 14.3. The van der Waals surface area contributed by atoms with Gasteiger partial charge >= 0.3 is 12.4 Å². The van der Waals surface area contributed by atoms with Crippen LogP contribution in [0.5, 0.6) is 0 Å². The van der Waals surface area contributed by atoms with E-state index in [2.05, 4.69) is 10.3 Å². The van der Waals surface area contributed by atoms with Gasteiger partial charge in [0.1, 0.15) is 11.6 Å². The Balaban J connectivity index is 2.02. The van der Waals surface area contributed by atoms with Gasteiger partial charge in [-0.25, -0.2) is 13.5 Å². The summed E-state index contributed by atoms with van der Waals surface area (Å²) in [6.07, 6.45) is -10.1. The highest BCUT2D eigenvalue weighted by molar-refractivity contribution is 6.03. The van der Waals surface area contributed by atoms with Crippen LogP contribution in [0, 0.1) is 11.6 Å². The van der Waals surface area contributed by atoms with Gasteiger partial charge in [-0.05, 0) is 42.5 Å². The maximum absolute atomic E-state index is 13.8. The van der Waals surface area contributed by atoms with Crippen molar-refractivity contribution in [2.45, 2.75) is 12.4 Å². The van der Waals surface area contributed by atoms with Gasteiger partial charge in [0, 0.05) is 0 Å². The van der Waals surface area contributed by atoms with E-state index in [-0.39, 0.29) is 16.4 Å². The van der Waals surface area contributed by atoms with Gasteiger partial charge in [0.15, 0.2) is 11.4 Å². The summed E-state index contributed by atoms with van der Waals surface area (Å²) in [6.45, 7) is 0. The van der Waals surface area contributed by atoms with Crippen molar-refractivity contribution in [1.29, 1.82) is 0 Å². The third kappa shape index (κ3) is 4.23. The Bertz CT molecular complexity index is 1090. The van der Waals surface area contributed by atoms with E-state index in [1.165, 1.54) is 0 Å². The molecule has 0 bridgehead atoms. The van der Waals surface area contributed by atoms with Crippen molar-refractivity contribution in [3.05, 3.63) is 71.1 Å². The molecular weight excluding hydrogens is 428 g/mol. The smallest absolute Gasteiger partial charge is 0.318 e. The number of hydrogen-bond donors (Lipinski definition) is 1. The van der Waals surface area contributed by atoms with E-state index in [0.717, 1.165) is 24.3 Å². The molecule has 0 fully saturated rings. The third-order valence-electron chi connectivity index (χ3n) is 3.77. The molecule has 1 amide bonds. The molecule has 0 aliphatic heterocycles. The molecule has 3 rings (SSSR count). The molecule has 30 heavy (non-hydrogen) atoms. The second-order valence-electron chi connectivity index (χ2n) is 5.82. The van der Waals surface area contributed by atoms with E-state index in [9.17, 15) is 39.9 Å². The summed E-state index contributed by atoms with van der Waals surface area (Å²) in [5, 5.41) is 7.97. The molecule has 1 aromatic heterocycles. The molecule has 2 aromatic carbocycles. The molecule has 0 spiro atoms. The maximum Gasteiger partial charge on any atom is 0.435 e. The summed E-state index contributed by atoms with van der Waals surface area (Å²) in [7, 11) is 0. The lowest BCUT2D eigenvalue weighted by Crippen LogP contribution is -2.22. The van der Waals surface area contributed by atoms with Gasteiger partial charge in [0.05, 0.1) is 16.9 Å². The third-order valence-corrected chi connectivity index (χ3v) is 3.77. The Hall–Kier alpha value is -3.51. The molecule has 0 radical (unpaired) electrons. The Morgan fingerprint density at radius 2 is 1.53 bits per heavy atom. The Labute approximate surface area is 161 Å². The van der Waals surface area contributed by atoms with Gasteiger partial charge in [-0.2, -0.15) is 26.3 Å². The molecule has 0 saturated heterocycles. The van der Waals surface area contributed by atoms with Gasteiger partial charge in [-0.3, -0.25) is 4.79 Å². The average molecular weight is 436 g/mol. The van der Waals surface area contributed by atoms with Crippen molar-refractivity contribution in [2.24, 2.45) is 0 Å². The fourth-order valence-corrected chi connectivity index (χ4v) is 2.43. The number of nitrogens with zero attached hydrogens (tertiary/aromatic N) is 3. The Morgan fingerprint density at radius 3 is 2.10 bits per heavy atom. The molecule has 0 unspecified atom stereocenters. The predicted molar refractivity (Wildman–Crippen MR) is 85.7 cm³/mol. The Morgan fingerprint density at radius 1 is 0.900 bits per heavy atom. The topological polar surface area (TPSA) is 59.8 Å². The standard InChI is InChI=1S/C17H8F8N4O/c18-9-2-4-10(5-3-9)29-14(17(23,24)25)13(27-28-29)15(30)26-12-7-8(16(20,21)22)1-6-11(12)19/h1-7H,(H,26,30). The van der Waals surface area contributed by atoms with Crippen LogP contribution in [-0.4, -0.2) is 20.9 Å². The molecule has 0 atom stereocenters. The minimum atomic E-state index is -5.18. The highest BCUT2D eigenvalue weighted by atomic mass is 19.4. The van der Waals surface area contributed by atoms with E-state index in [1.54, 1.807) is 5.32 Å². The van der Waals surface area contributed by atoms with Crippen LogP contribution in [0.1, 0.15) is 21.7 Å². The Kier molecular flexibility index (Phi) is 5.22. The lowest BCUT2D eigenvalue weighted by atomic mass is 10.1. The van der Waals surface area contributed by atoms with Crippen molar-refractivity contribution >= 4 is 11.6 Å². The lowest BCUT2D eigenvalue weighted by Gasteiger charge is -2.12. The van der Waals surface area contributed by atoms with Crippen LogP contribution >= 0.6 is 0 Å². The zero-order valence-electron chi connectivity index (χ0n) is 14.3. The van der Waals surface area contributed by atoms with Crippen molar-refractivity contribution in [3.63, 3.8) is 0 Å². The minimum Gasteiger partial charge on any atom is -0.318 e. The summed E-state index contributed by atoms with van der Waals surface area (Å²) in [5.41, 5.74) is -5.62. The molecule has 13 heteroatoms. The summed E-state index contributed by atoms with van der Waals surface area (Å²) in [6, 6.07) is 4.59. The summed E-state index contributed by atoms with van der Waals surface area (Å²) >= 11 is 0. The molecule has 1 heterocycles. The van der Waals surface area contributed by atoms with E-state index in [0.29, 0.717) is 12.1 Å². The first-order valence-corrected chi connectivity index (χ1v) is 7.85. The van der Waals surface area contributed by atoms with Crippen LogP contribution in [0.2, 0.25) is 0 Å². The lowest BCUT2D eigenvalue weighted by molar-refractivity contribution is -0.143. The first-order chi connectivity index (χ1) is 13.9. The highest BCUT2D eigenvalue weighted by Gasteiger charge is 2.42. The monoisotopic (exact) mass is 436 g/mol. The number of nitrogens with one attached hydrogen (secondary N) is 1. The quantitative estimate of drug-likeness (QED) is 0.599. The first kappa shape index (κ1) is 21.2. The molecular formula is C17H8F8N4O. The normalized spacial score (nSPS) is 12.1. The minimum absolute atomic E-state index is 0.205. The molecule has 1 N–H and O–H groups in total. The number of rotatable bonds is 3. The number of anilines is 1. The van der Waals surface area contributed by atoms with Crippen LogP contribution in [0.15, 0.2) is 42.5 Å². The summed E-state index contributed by atoms with van der Waals surface area (Å²) < 4.78 is 106. The second-order valence-corrected chi connectivity index (χ2v) is 5.82. The van der Waals surface area contributed by atoms with Gasteiger partial charge in [0.25, 0.3) is 5.91 Å².